The van der Waals surface area contributed by atoms with Gasteiger partial charge in [-0.05, 0) is 18.9 Å². The molecule has 26 heavy (non-hydrogen) atoms. The molecule has 6 nitrogen and oxygen atoms in total. The molecule has 0 N–H and O–H groups in total. The summed E-state index contributed by atoms with van der Waals surface area (Å²) in [6.45, 7) is 2.67. The van der Waals surface area contributed by atoms with Crippen LogP contribution in [0.25, 0.3) is 0 Å². The lowest BCUT2D eigenvalue weighted by molar-refractivity contribution is -0.419. The molecule has 0 atom stereocenters. The van der Waals surface area contributed by atoms with Crippen LogP contribution < -0.4 is 0 Å². The van der Waals surface area contributed by atoms with Crippen molar-refractivity contribution in [3.63, 3.8) is 0 Å². The monoisotopic (exact) mass is 385 g/mol. The van der Waals surface area contributed by atoms with Crippen LogP contribution in [0.1, 0.15) is 77.6 Å². The van der Waals surface area contributed by atoms with Gasteiger partial charge in [-0.1, -0.05) is 64.7 Å². The highest BCUT2D eigenvalue weighted by atomic mass is 32.2. The fourth-order valence-electron chi connectivity index (χ4n) is 2.99. The third-order valence-corrected chi connectivity index (χ3v) is 6.57. The topological polar surface area (TPSA) is 80.5 Å². The highest BCUT2D eigenvalue weighted by Crippen LogP contribution is 2.24. The maximum absolute atomic E-state index is 12.5. The van der Waals surface area contributed by atoms with Crippen molar-refractivity contribution in [2.75, 3.05) is 13.6 Å². The Kier molecular flexibility index (Phi) is 10.7. The normalized spacial score (nSPS) is 15.0. The first kappa shape index (κ1) is 22.8. The fourth-order valence-corrected chi connectivity index (χ4v) is 4.29. The summed E-state index contributed by atoms with van der Waals surface area (Å²) in [6.07, 6.45) is 16.3. The van der Waals surface area contributed by atoms with Crippen molar-refractivity contribution in [3.8, 4) is 0 Å². The second-order valence-electron chi connectivity index (χ2n) is 6.88. The third-order valence-electron chi connectivity index (χ3n) is 4.68. The van der Waals surface area contributed by atoms with E-state index in [9.17, 15) is 18.5 Å². The standard InChI is InChI=1S/C19H33N2O4S/c1-3-4-5-6-7-8-9-10-11-12-16-20(2)26(24,25)19-15-13-14-18(17-19)21(22)23/h14-15,17H,3-13,16H2,1-2H3. The molecular formula is C19H33N2O4S. The zero-order valence-electron chi connectivity index (χ0n) is 16.2. The van der Waals surface area contributed by atoms with Crippen LogP contribution in [0.5, 0.6) is 0 Å². The minimum absolute atomic E-state index is 0.0290. The van der Waals surface area contributed by atoms with Gasteiger partial charge in [-0.3, -0.25) is 10.1 Å². The van der Waals surface area contributed by atoms with Crippen LogP contribution in [-0.2, 0) is 10.0 Å². The molecule has 0 spiro atoms. The van der Waals surface area contributed by atoms with Gasteiger partial charge in [0.25, 0.3) is 5.70 Å². The number of rotatable bonds is 14. The zero-order valence-corrected chi connectivity index (χ0v) is 17.0. The number of hydrogen-bond acceptors (Lipinski definition) is 4. The molecule has 0 saturated carbocycles. The second kappa shape index (κ2) is 12.2. The fraction of sp³-hybridized carbons (Fsp3) is 0.737. The Morgan fingerprint density at radius 2 is 1.58 bits per heavy atom. The number of allylic oxidation sites excluding steroid dienone is 3. The molecule has 1 radical (unpaired) electrons. The molecule has 0 fully saturated rings. The van der Waals surface area contributed by atoms with E-state index in [4.69, 9.17) is 0 Å². The van der Waals surface area contributed by atoms with Crippen LogP contribution in [-0.4, -0.2) is 31.2 Å². The Labute approximate surface area is 158 Å². The van der Waals surface area contributed by atoms with E-state index >= 15 is 0 Å². The van der Waals surface area contributed by atoms with Crippen LogP contribution in [0.15, 0.2) is 22.8 Å². The van der Waals surface area contributed by atoms with E-state index in [1.807, 2.05) is 0 Å². The molecule has 1 rings (SSSR count). The van der Waals surface area contributed by atoms with Gasteiger partial charge in [0.2, 0.25) is 10.0 Å². The smallest absolute Gasteiger partial charge is 0.258 e. The average Bonchev–Trinajstić information content (AvgIpc) is 2.63. The maximum Gasteiger partial charge on any atom is 0.266 e. The molecule has 1 aliphatic carbocycles. The van der Waals surface area contributed by atoms with Crippen LogP contribution in [0.3, 0.4) is 0 Å². The van der Waals surface area contributed by atoms with Crippen LogP contribution in [0.2, 0.25) is 0 Å². The summed E-state index contributed by atoms with van der Waals surface area (Å²) in [5, 5.41) is 10.8. The first-order valence-electron chi connectivity index (χ1n) is 9.75. The first-order valence-corrected chi connectivity index (χ1v) is 11.2. The summed E-state index contributed by atoms with van der Waals surface area (Å²) < 4.78 is 26.4. The summed E-state index contributed by atoms with van der Waals surface area (Å²) in [4.78, 5) is 10.3. The molecule has 0 heterocycles. The van der Waals surface area contributed by atoms with Crippen molar-refractivity contribution in [3.05, 3.63) is 39.3 Å². The molecule has 0 saturated heterocycles. The highest BCUT2D eigenvalue weighted by molar-refractivity contribution is 7.93. The molecule has 149 valence electrons. The molecule has 0 aliphatic heterocycles. The zero-order chi connectivity index (χ0) is 19.4. The van der Waals surface area contributed by atoms with Crippen molar-refractivity contribution in [1.29, 1.82) is 0 Å². The predicted molar refractivity (Wildman–Crippen MR) is 105 cm³/mol. The maximum atomic E-state index is 12.5. The van der Waals surface area contributed by atoms with Gasteiger partial charge < -0.3 is 0 Å². The SMILES string of the molecule is CCCCCCCCCCCCN(C)S(=O)(=O)C1=CC([N+](=O)[O-])=CC[CH]1. The first-order chi connectivity index (χ1) is 12.4. The minimum Gasteiger partial charge on any atom is -0.258 e. The molecule has 0 bridgehead atoms. The van der Waals surface area contributed by atoms with E-state index in [0.29, 0.717) is 6.54 Å². The van der Waals surface area contributed by atoms with E-state index in [-0.39, 0.29) is 17.0 Å². The van der Waals surface area contributed by atoms with E-state index in [1.165, 1.54) is 61.7 Å². The lowest BCUT2D eigenvalue weighted by Gasteiger charge is -2.19. The summed E-state index contributed by atoms with van der Waals surface area (Å²) >= 11 is 0. The van der Waals surface area contributed by atoms with E-state index < -0.39 is 14.9 Å². The molecule has 0 unspecified atom stereocenters. The van der Waals surface area contributed by atoms with Gasteiger partial charge >= 0.3 is 0 Å². The van der Waals surface area contributed by atoms with Crippen LogP contribution in [0.4, 0.5) is 0 Å². The van der Waals surface area contributed by atoms with Crippen molar-refractivity contribution < 1.29 is 13.3 Å². The van der Waals surface area contributed by atoms with Crippen molar-refractivity contribution in [2.24, 2.45) is 0 Å². The molecule has 0 aromatic heterocycles. The predicted octanol–water partition coefficient (Wildman–Crippen LogP) is 4.82. The largest absolute Gasteiger partial charge is 0.266 e. The Morgan fingerprint density at radius 3 is 2.12 bits per heavy atom. The average molecular weight is 386 g/mol. The van der Waals surface area contributed by atoms with Gasteiger partial charge in [0.15, 0.2) is 0 Å². The molecule has 7 heteroatoms. The summed E-state index contributed by atoms with van der Waals surface area (Å²) in [5.74, 6) is 0. The number of nitro groups is 1. The van der Waals surface area contributed by atoms with Crippen molar-refractivity contribution in [2.45, 2.75) is 77.6 Å². The second-order valence-corrected chi connectivity index (χ2v) is 8.93. The van der Waals surface area contributed by atoms with Gasteiger partial charge in [0.05, 0.1) is 9.83 Å². The van der Waals surface area contributed by atoms with Gasteiger partial charge in [-0.25, -0.2) is 12.7 Å². The molecule has 1 aliphatic rings. The van der Waals surface area contributed by atoms with Gasteiger partial charge in [0.1, 0.15) is 0 Å². The summed E-state index contributed by atoms with van der Waals surface area (Å²) in [5.41, 5.74) is -0.154. The third kappa shape index (κ3) is 7.99. The number of nitrogens with zero attached hydrogens (tertiary/aromatic N) is 2. The van der Waals surface area contributed by atoms with E-state index in [1.54, 1.807) is 7.05 Å². The summed E-state index contributed by atoms with van der Waals surface area (Å²) in [6, 6.07) is 0. The number of unbranched alkanes of at least 4 members (excludes halogenated alkanes) is 9. The molecular weight excluding hydrogens is 352 g/mol. The Balaban J connectivity index is 2.27. The van der Waals surface area contributed by atoms with Gasteiger partial charge in [-0.2, -0.15) is 0 Å². The highest BCUT2D eigenvalue weighted by Gasteiger charge is 2.27. The van der Waals surface area contributed by atoms with Crippen molar-refractivity contribution in [1.82, 2.24) is 4.31 Å². The van der Waals surface area contributed by atoms with Gasteiger partial charge in [0, 0.05) is 26.1 Å². The number of sulfonamides is 1. The molecule has 0 aromatic carbocycles. The lowest BCUT2D eigenvalue weighted by atomic mass is 10.1. The summed E-state index contributed by atoms with van der Waals surface area (Å²) in [7, 11) is -2.10. The molecule has 0 aromatic rings. The lowest BCUT2D eigenvalue weighted by Crippen LogP contribution is -2.30. The van der Waals surface area contributed by atoms with Gasteiger partial charge in [-0.15, -0.1) is 0 Å². The Bertz CT molecular complexity index is 597. The van der Waals surface area contributed by atoms with Crippen molar-refractivity contribution >= 4 is 10.0 Å². The van der Waals surface area contributed by atoms with E-state index in [0.717, 1.165) is 25.3 Å². The van der Waals surface area contributed by atoms with Crippen LogP contribution >= 0.6 is 0 Å². The van der Waals surface area contributed by atoms with Crippen LogP contribution in [0, 0.1) is 16.5 Å². The molecule has 0 amide bonds. The Hall–Kier alpha value is -1.21. The Morgan fingerprint density at radius 1 is 1.04 bits per heavy atom. The number of hydrogen-bond donors (Lipinski definition) is 0. The van der Waals surface area contributed by atoms with E-state index in [2.05, 4.69) is 6.92 Å². The minimum atomic E-state index is -3.65. The quantitative estimate of drug-likeness (QED) is 0.244.